The number of nitrogens with two attached hydrogens (primary N) is 1. The number of carbonyl (C=O) groups excluding carboxylic acids is 1. The summed E-state index contributed by atoms with van der Waals surface area (Å²) in [5, 5.41) is 3.10. The van der Waals surface area contributed by atoms with E-state index in [0.717, 1.165) is 25.7 Å². The first-order valence-corrected chi connectivity index (χ1v) is 11.0. The molecule has 0 spiro atoms. The van der Waals surface area contributed by atoms with E-state index >= 15 is 0 Å². The summed E-state index contributed by atoms with van der Waals surface area (Å²) in [4.78, 5) is 17.4. The summed E-state index contributed by atoms with van der Waals surface area (Å²) in [5.74, 6) is 0.665. The Morgan fingerprint density at radius 1 is 1.26 bits per heavy atom. The normalized spacial score (nSPS) is 19.1. The van der Waals surface area contributed by atoms with Gasteiger partial charge >= 0.3 is 6.09 Å². The van der Waals surface area contributed by atoms with Gasteiger partial charge in [-0.15, -0.1) is 24.0 Å². The van der Waals surface area contributed by atoms with Crippen molar-refractivity contribution in [1.82, 2.24) is 14.9 Å². The molecule has 9 nitrogen and oxygen atoms in total. The van der Waals surface area contributed by atoms with Crippen LogP contribution in [0.5, 0.6) is 0 Å². The lowest BCUT2D eigenvalue weighted by molar-refractivity contribution is 0.0963. The number of halogens is 1. The summed E-state index contributed by atoms with van der Waals surface area (Å²) in [6, 6.07) is 0.123. The van der Waals surface area contributed by atoms with Crippen molar-refractivity contribution in [3.63, 3.8) is 0 Å². The Balaban J connectivity index is 0.00000364. The summed E-state index contributed by atoms with van der Waals surface area (Å²) in [6.07, 6.45) is 4.61. The highest BCUT2D eigenvalue weighted by Crippen LogP contribution is 2.25. The van der Waals surface area contributed by atoms with Gasteiger partial charge in [0.25, 0.3) is 0 Å². The van der Waals surface area contributed by atoms with Gasteiger partial charge in [-0.1, -0.05) is 6.42 Å². The van der Waals surface area contributed by atoms with Crippen LogP contribution in [0.15, 0.2) is 4.99 Å². The molecular formula is C16H32IN5O4S. The SMILES string of the molecule is CCOC(=O)N1CCC(NC(N)=NCCS(=O)(=O)NCC2CCC2)CC1.I. The number of aliphatic imine (C=N–C) groups is 1. The molecule has 1 heterocycles. The predicted octanol–water partition coefficient (Wildman–Crippen LogP) is 0.849. The topological polar surface area (TPSA) is 126 Å². The first kappa shape index (κ1) is 24.2. The zero-order valence-electron chi connectivity index (χ0n) is 15.9. The van der Waals surface area contributed by atoms with Crippen molar-refractivity contribution in [2.75, 3.05) is 38.5 Å². The Hall–Kier alpha value is -0.820. The second-order valence-electron chi connectivity index (χ2n) is 6.84. The number of hydrogen-bond acceptors (Lipinski definition) is 5. The molecule has 1 aliphatic heterocycles. The maximum atomic E-state index is 11.9. The van der Waals surface area contributed by atoms with Gasteiger partial charge < -0.3 is 20.7 Å². The van der Waals surface area contributed by atoms with Gasteiger partial charge in [0.05, 0.1) is 18.9 Å². The summed E-state index contributed by atoms with van der Waals surface area (Å²) in [5.41, 5.74) is 5.85. The standard InChI is InChI=1S/C16H31N5O4S.HI/c1-2-25-16(22)21-9-6-14(7-10-21)20-15(17)18-8-11-26(23,24)19-12-13-4-3-5-13;/h13-14,19H,2-12H2,1H3,(H3,17,18,20);1H. The number of likely N-dealkylation sites (tertiary alicyclic amines) is 1. The number of rotatable bonds is 8. The van der Waals surface area contributed by atoms with Crippen LogP contribution in [0.3, 0.4) is 0 Å². The van der Waals surface area contributed by atoms with E-state index in [4.69, 9.17) is 10.5 Å². The number of nitrogens with one attached hydrogen (secondary N) is 2. The van der Waals surface area contributed by atoms with Gasteiger partial charge in [-0.2, -0.15) is 0 Å². The molecule has 1 aliphatic carbocycles. The van der Waals surface area contributed by atoms with E-state index in [9.17, 15) is 13.2 Å². The van der Waals surface area contributed by atoms with Crippen molar-refractivity contribution in [3.8, 4) is 0 Å². The first-order chi connectivity index (χ1) is 12.4. The Bertz CT molecular complexity index is 590. The molecular weight excluding hydrogens is 485 g/mol. The molecule has 2 fully saturated rings. The molecule has 2 rings (SSSR count). The number of piperidine rings is 1. The molecule has 1 amide bonds. The second-order valence-corrected chi connectivity index (χ2v) is 8.76. The number of hydrogen-bond donors (Lipinski definition) is 3. The molecule has 0 bridgehead atoms. The van der Waals surface area contributed by atoms with Crippen LogP contribution >= 0.6 is 24.0 Å². The smallest absolute Gasteiger partial charge is 0.409 e. The van der Waals surface area contributed by atoms with Crippen LogP contribution in [-0.2, 0) is 14.8 Å². The molecule has 0 aromatic heterocycles. The van der Waals surface area contributed by atoms with Crippen LogP contribution in [0, 0.1) is 5.92 Å². The lowest BCUT2D eigenvalue weighted by Gasteiger charge is -2.31. The monoisotopic (exact) mass is 517 g/mol. The Labute approximate surface area is 178 Å². The first-order valence-electron chi connectivity index (χ1n) is 9.35. The number of nitrogens with zero attached hydrogens (tertiary/aromatic N) is 2. The number of ether oxygens (including phenoxy) is 1. The molecule has 27 heavy (non-hydrogen) atoms. The van der Waals surface area contributed by atoms with Crippen LogP contribution in [-0.4, -0.2) is 70.0 Å². The lowest BCUT2D eigenvalue weighted by Crippen LogP contribution is -2.48. The second kappa shape index (κ2) is 11.9. The molecule has 0 aromatic rings. The fraction of sp³-hybridized carbons (Fsp3) is 0.875. The van der Waals surface area contributed by atoms with Crippen LogP contribution in [0.25, 0.3) is 0 Å². The van der Waals surface area contributed by atoms with Gasteiger partial charge in [0.1, 0.15) is 0 Å². The third kappa shape index (κ3) is 8.81. The van der Waals surface area contributed by atoms with Gasteiger partial charge in [-0.25, -0.2) is 17.9 Å². The molecule has 158 valence electrons. The Morgan fingerprint density at radius 3 is 2.48 bits per heavy atom. The molecule has 0 unspecified atom stereocenters. The van der Waals surface area contributed by atoms with Crippen LogP contribution in [0.2, 0.25) is 0 Å². The fourth-order valence-corrected chi connectivity index (χ4v) is 3.94. The largest absolute Gasteiger partial charge is 0.450 e. The third-order valence-electron chi connectivity index (χ3n) is 4.83. The van der Waals surface area contributed by atoms with E-state index in [-0.39, 0.29) is 54.4 Å². The number of sulfonamides is 1. The van der Waals surface area contributed by atoms with Crippen LogP contribution in [0.4, 0.5) is 4.79 Å². The van der Waals surface area contributed by atoms with Crippen LogP contribution in [0.1, 0.15) is 39.0 Å². The third-order valence-corrected chi connectivity index (χ3v) is 6.16. The maximum Gasteiger partial charge on any atom is 0.409 e. The van der Waals surface area contributed by atoms with E-state index in [1.807, 2.05) is 0 Å². The number of guanidine groups is 1. The molecule has 4 N–H and O–H groups in total. The Kier molecular flexibility index (Phi) is 10.7. The summed E-state index contributed by atoms with van der Waals surface area (Å²) >= 11 is 0. The van der Waals surface area contributed by atoms with Gasteiger partial charge in [-0.05, 0) is 38.5 Å². The average Bonchev–Trinajstić information content (AvgIpc) is 2.54. The highest BCUT2D eigenvalue weighted by atomic mass is 127. The van der Waals surface area contributed by atoms with E-state index in [1.165, 1.54) is 6.42 Å². The summed E-state index contributed by atoms with van der Waals surface area (Å²) in [6.45, 7) is 4.01. The van der Waals surface area contributed by atoms with Crippen molar-refractivity contribution in [2.45, 2.75) is 45.1 Å². The molecule has 2 aliphatic rings. The van der Waals surface area contributed by atoms with Crippen molar-refractivity contribution < 1.29 is 17.9 Å². The molecule has 0 radical (unpaired) electrons. The van der Waals surface area contributed by atoms with Crippen molar-refractivity contribution >= 4 is 46.1 Å². The summed E-state index contributed by atoms with van der Waals surface area (Å²) < 4.78 is 31.4. The van der Waals surface area contributed by atoms with Gasteiger partial charge in [0.2, 0.25) is 10.0 Å². The van der Waals surface area contributed by atoms with E-state index < -0.39 is 10.0 Å². The molecule has 0 aromatic carbocycles. The molecule has 11 heteroatoms. The Morgan fingerprint density at radius 2 is 1.93 bits per heavy atom. The number of carbonyl (C=O) groups is 1. The lowest BCUT2D eigenvalue weighted by atomic mass is 9.86. The van der Waals surface area contributed by atoms with E-state index in [2.05, 4.69) is 15.0 Å². The van der Waals surface area contributed by atoms with Crippen molar-refractivity contribution in [2.24, 2.45) is 16.6 Å². The zero-order chi connectivity index (χ0) is 19.0. The highest BCUT2D eigenvalue weighted by Gasteiger charge is 2.24. The highest BCUT2D eigenvalue weighted by molar-refractivity contribution is 14.0. The molecule has 0 atom stereocenters. The van der Waals surface area contributed by atoms with Crippen molar-refractivity contribution in [1.29, 1.82) is 0 Å². The minimum absolute atomic E-state index is 0. The minimum Gasteiger partial charge on any atom is -0.450 e. The van der Waals surface area contributed by atoms with E-state index in [1.54, 1.807) is 11.8 Å². The number of amides is 1. The molecule has 1 saturated heterocycles. The van der Waals surface area contributed by atoms with Crippen LogP contribution < -0.4 is 15.8 Å². The average molecular weight is 517 g/mol. The summed E-state index contributed by atoms with van der Waals surface area (Å²) in [7, 11) is -3.30. The van der Waals surface area contributed by atoms with Gasteiger partial charge in [0, 0.05) is 25.7 Å². The quantitative estimate of drug-likeness (QED) is 0.249. The molecule has 1 saturated carbocycles. The fourth-order valence-electron chi connectivity index (χ4n) is 2.98. The van der Waals surface area contributed by atoms with Gasteiger partial charge in [0.15, 0.2) is 5.96 Å². The van der Waals surface area contributed by atoms with Gasteiger partial charge in [-0.3, -0.25) is 4.99 Å². The minimum atomic E-state index is -3.30. The van der Waals surface area contributed by atoms with E-state index in [0.29, 0.717) is 32.2 Å². The maximum absolute atomic E-state index is 11.9. The van der Waals surface area contributed by atoms with Crippen molar-refractivity contribution in [3.05, 3.63) is 0 Å². The predicted molar refractivity (Wildman–Crippen MR) is 116 cm³/mol. The zero-order valence-corrected chi connectivity index (χ0v) is 19.0.